The van der Waals surface area contributed by atoms with E-state index in [1.54, 1.807) is 11.3 Å². The van der Waals surface area contributed by atoms with Crippen molar-refractivity contribution in [1.82, 2.24) is 4.98 Å². The van der Waals surface area contributed by atoms with E-state index < -0.39 is 5.97 Å². The Morgan fingerprint density at radius 2 is 2.39 bits per heavy atom. The number of carboxylic acids is 1. The van der Waals surface area contributed by atoms with Crippen molar-refractivity contribution in [2.24, 2.45) is 5.92 Å². The topological polar surface area (TPSA) is 53.4 Å². The Bertz CT molecular complexity index is 444. The monoisotopic (exact) mass is 268 g/mol. The van der Waals surface area contributed by atoms with Crippen molar-refractivity contribution in [1.29, 1.82) is 0 Å². The predicted molar refractivity (Wildman–Crippen MR) is 73.5 cm³/mol. The lowest BCUT2D eigenvalue weighted by Gasteiger charge is -2.19. The van der Waals surface area contributed by atoms with E-state index in [1.165, 1.54) is 0 Å². The van der Waals surface area contributed by atoms with Crippen molar-refractivity contribution in [3.63, 3.8) is 0 Å². The number of fused-ring (bicyclic) bond motifs is 1. The van der Waals surface area contributed by atoms with Gasteiger partial charge in [0.25, 0.3) is 0 Å². The highest BCUT2D eigenvalue weighted by atomic mass is 32.1. The second-order valence-electron chi connectivity index (χ2n) is 5.13. The molecule has 0 amide bonds. The van der Waals surface area contributed by atoms with Gasteiger partial charge in [-0.15, -0.1) is 11.3 Å². The minimum absolute atomic E-state index is 0.387. The fourth-order valence-corrected chi connectivity index (χ4v) is 3.40. The molecule has 0 saturated heterocycles. The molecule has 0 fully saturated rings. The van der Waals surface area contributed by atoms with Gasteiger partial charge in [-0.1, -0.05) is 20.3 Å². The van der Waals surface area contributed by atoms with E-state index in [2.05, 4.69) is 23.7 Å². The highest BCUT2D eigenvalue weighted by Crippen LogP contribution is 2.39. The van der Waals surface area contributed by atoms with Gasteiger partial charge < -0.3 is 10.0 Å². The molecule has 1 heterocycles. The molecule has 0 aromatic carbocycles. The van der Waals surface area contributed by atoms with Crippen LogP contribution in [0.25, 0.3) is 0 Å². The fourth-order valence-electron chi connectivity index (χ4n) is 2.29. The summed E-state index contributed by atoms with van der Waals surface area (Å²) in [6.45, 7) is 5.37. The smallest absolute Gasteiger partial charge is 0.312 e. The Labute approximate surface area is 112 Å². The van der Waals surface area contributed by atoms with Gasteiger partial charge in [-0.3, -0.25) is 4.79 Å². The second kappa shape index (κ2) is 5.26. The van der Waals surface area contributed by atoms with Crippen molar-refractivity contribution in [2.45, 2.75) is 39.0 Å². The normalized spacial score (nSPS) is 19.6. The molecule has 0 saturated carbocycles. The van der Waals surface area contributed by atoms with Gasteiger partial charge >= 0.3 is 5.97 Å². The molecule has 0 aliphatic heterocycles. The SMILES string of the molecule is CCC(C)CN(C)c1nc2c(s1)CCC2C(=O)O. The Hall–Kier alpha value is -1.10. The summed E-state index contributed by atoms with van der Waals surface area (Å²) >= 11 is 1.66. The number of aryl methyl sites for hydroxylation is 1. The summed E-state index contributed by atoms with van der Waals surface area (Å²) in [5.41, 5.74) is 0.804. The number of carbonyl (C=O) groups is 1. The summed E-state index contributed by atoms with van der Waals surface area (Å²) in [4.78, 5) is 19.0. The van der Waals surface area contributed by atoms with Crippen LogP contribution in [0.4, 0.5) is 5.13 Å². The first-order valence-electron chi connectivity index (χ1n) is 6.46. The highest BCUT2D eigenvalue weighted by Gasteiger charge is 2.32. The largest absolute Gasteiger partial charge is 0.481 e. The van der Waals surface area contributed by atoms with Gasteiger partial charge in [0.15, 0.2) is 5.13 Å². The van der Waals surface area contributed by atoms with Crippen LogP contribution in [0.2, 0.25) is 0 Å². The van der Waals surface area contributed by atoms with Crippen LogP contribution in [0.5, 0.6) is 0 Å². The lowest BCUT2D eigenvalue weighted by atomic mass is 10.1. The third-order valence-electron chi connectivity index (χ3n) is 3.61. The van der Waals surface area contributed by atoms with Gasteiger partial charge in [-0.2, -0.15) is 0 Å². The van der Waals surface area contributed by atoms with Crippen LogP contribution in [0.15, 0.2) is 0 Å². The number of carboxylic acid groups (broad SMARTS) is 1. The average Bonchev–Trinajstić information content (AvgIpc) is 2.86. The quantitative estimate of drug-likeness (QED) is 0.892. The zero-order chi connectivity index (χ0) is 13.3. The minimum atomic E-state index is -0.741. The molecule has 2 unspecified atom stereocenters. The van der Waals surface area contributed by atoms with Crippen LogP contribution in [-0.4, -0.2) is 29.7 Å². The van der Waals surface area contributed by atoms with Gasteiger partial charge in [-0.25, -0.2) is 4.98 Å². The number of aliphatic carboxylic acids is 1. The van der Waals surface area contributed by atoms with Gasteiger partial charge in [0.2, 0.25) is 0 Å². The van der Waals surface area contributed by atoms with Crippen LogP contribution < -0.4 is 4.90 Å². The molecule has 1 aromatic rings. The van der Waals surface area contributed by atoms with Crippen molar-refractivity contribution in [2.75, 3.05) is 18.5 Å². The number of hydrogen-bond donors (Lipinski definition) is 1. The minimum Gasteiger partial charge on any atom is -0.481 e. The molecular formula is C13H20N2O2S. The average molecular weight is 268 g/mol. The van der Waals surface area contributed by atoms with Gasteiger partial charge in [0, 0.05) is 18.5 Å². The van der Waals surface area contributed by atoms with Gasteiger partial charge in [-0.05, 0) is 18.8 Å². The lowest BCUT2D eigenvalue weighted by molar-refractivity contribution is -0.138. The first kappa shape index (κ1) is 13.3. The molecule has 18 heavy (non-hydrogen) atoms. The van der Waals surface area contributed by atoms with Crippen LogP contribution in [-0.2, 0) is 11.2 Å². The van der Waals surface area contributed by atoms with Crippen molar-refractivity contribution < 1.29 is 9.90 Å². The summed E-state index contributed by atoms with van der Waals surface area (Å²) in [7, 11) is 2.04. The number of thiazole rings is 1. The maximum Gasteiger partial charge on any atom is 0.312 e. The first-order valence-corrected chi connectivity index (χ1v) is 7.28. The van der Waals surface area contributed by atoms with E-state index in [1.807, 2.05) is 7.05 Å². The number of aromatic nitrogens is 1. The summed E-state index contributed by atoms with van der Waals surface area (Å²) < 4.78 is 0. The Balaban J connectivity index is 2.13. The van der Waals surface area contributed by atoms with Crippen LogP contribution in [0, 0.1) is 5.92 Å². The van der Waals surface area contributed by atoms with Crippen molar-refractivity contribution >= 4 is 22.4 Å². The molecule has 1 aliphatic carbocycles. The van der Waals surface area contributed by atoms with Crippen LogP contribution in [0.3, 0.4) is 0 Å². The predicted octanol–water partition coefficient (Wildman–Crippen LogP) is 2.74. The number of anilines is 1. The highest BCUT2D eigenvalue weighted by molar-refractivity contribution is 7.15. The van der Waals surface area contributed by atoms with Crippen molar-refractivity contribution in [3.05, 3.63) is 10.6 Å². The first-order chi connectivity index (χ1) is 8.52. The van der Waals surface area contributed by atoms with Crippen LogP contribution >= 0.6 is 11.3 Å². The second-order valence-corrected chi connectivity index (χ2v) is 6.19. The molecule has 100 valence electrons. The zero-order valence-electron chi connectivity index (χ0n) is 11.1. The van der Waals surface area contributed by atoms with Gasteiger partial charge in [0.1, 0.15) is 5.92 Å². The third kappa shape index (κ3) is 2.51. The fraction of sp³-hybridized carbons (Fsp3) is 0.692. The van der Waals surface area contributed by atoms with E-state index in [0.717, 1.165) is 35.1 Å². The molecule has 1 N–H and O–H groups in total. The Morgan fingerprint density at radius 1 is 1.67 bits per heavy atom. The van der Waals surface area contributed by atoms with E-state index >= 15 is 0 Å². The van der Waals surface area contributed by atoms with Crippen molar-refractivity contribution in [3.8, 4) is 0 Å². The molecule has 0 radical (unpaired) electrons. The molecular weight excluding hydrogens is 248 g/mol. The summed E-state index contributed by atoms with van der Waals surface area (Å²) in [6, 6.07) is 0. The Kier molecular flexibility index (Phi) is 3.90. The molecule has 4 nitrogen and oxygen atoms in total. The van der Waals surface area contributed by atoms with Crippen LogP contribution in [0.1, 0.15) is 43.2 Å². The molecule has 5 heteroatoms. The molecule has 0 spiro atoms. The molecule has 1 aliphatic rings. The molecule has 0 bridgehead atoms. The molecule has 1 aromatic heterocycles. The summed E-state index contributed by atoms with van der Waals surface area (Å²) in [5, 5.41) is 10.1. The zero-order valence-corrected chi connectivity index (χ0v) is 12.0. The Morgan fingerprint density at radius 3 is 3.00 bits per heavy atom. The standard InChI is InChI=1S/C13H20N2O2S/c1-4-8(2)7-15(3)13-14-11-9(12(16)17)5-6-10(11)18-13/h8-9H,4-7H2,1-3H3,(H,16,17). The van der Waals surface area contributed by atoms with E-state index in [9.17, 15) is 4.79 Å². The van der Waals surface area contributed by atoms with E-state index in [0.29, 0.717) is 12.3 Å². The number of nitrogens with zero attached hydrogens (tertiary/aromatic N) is 2. The molecule has 2 rings (SSSR count). The summed E-state index contributed by atoms with van der Waals surface area (Å²) in [6.07, 6.45) is 2.72. The van der Waals surface area contributed by atoms with E-state index in [4.69, 9.17) is 5.11 Å². The number of rotatable bonds is 5. The maximum atomic E-state index is 11.1. The number of hydrogen-bond acceptors (Lipinski definition) is 4. The summed E-state index contributed by atoms with van der Waals surface area (Å²) in [5.74, 6) is -0.499. The van der Waals surface area contributed by atoms with E-state index in [-0.39, 0.29) is 5.92 Å². The maximum absolute atomic E-state index is 11.1. The third-order valence-corrected chi connectivity index (χ3v) is 4.86. The van der Waals surface area contributed by atoms with Gasteiger partial charge in [0.05, 0.1) is 5.69 Å². The lowest BCUT2D eigenvalue weighted by Crippen LogP contribution is -2.23. The molecule has 2 atom stereocenters.